The standard InChI is InChI=1S/C11H21NO/c1-9-4-2-7-11(9,13)10(8-12)5-3-6-10/h9,13H,2-8,12H2,1H3. The first-order valence-corrected chi connectivity index (χ1v) is 5.57. The lowest BCUT2D eigenvalue weighted by Gasteiger charge is -2.53. The molecule has 0 aliphatic heterocycles. The van der Waals surface area contributed by atoms with E-state index in [1.54, 1.807) is 0 Å². The Balaban J connectivity index is 2.21. The minimum absolute atomic E-state index is 0.0862. The fourth-order valence-electron chi connectivity index (χ4n) is 3.37. The Bertz CT molecular complexity index is 195. The SMILES string of the molecule is CC1CCCC1(O)C1(CN)CCC1. The topological polar surface area (TPSA) is 46.2 Å². The van der Waals surface area contributed by atoms with E-state index in [0.29, 0.717) is 12.5 Å². The highest BCUT2D eigenvalue weighted by molar-refractivity contribution is 5.08. The summed E-state index contributed by atoms with van der Waals surface area (Å²) in [4.78, 5) is 0. The zero-order valence-electron chi connectivity index (χ0n) is 8.55. The normalized spacial score (nSPS) is 43.2. The van der Waals surface area contributed by atoms with Crippen LogP contribution in [0.3, 0.4) is 0 Å². The van der Waals surface area contributed by atoms with E-state index in [2.05, 4.69) is 6.92 Å². The highest BCUT2D eigenvalue weighted by Gasteiger charge is 2.56. The maximum atomic E-state index is 10.7. The van der Waals surface area contributed by atoms with E-state index < -0.39 is 5.60 Å². The molecule has 0 amide bonds. The van der Waals surface area contributed by atoms with Crippen molar-refractivity contribution in [1.29, 1.82) is 0 Å². The van der Waals surface area contributed by atoms with Crippen molar-refractivity contribution >= 4 is 0 Å². The molecule has 0 aromatic heterocycles. The number of rotatable bonds is 2. The summed E-state index contributed by atoms with van der Waals surface area (Å²) in [7, 11) is 0. The fourth-order valence-corrected chi connectivity index (χ4v) is 3.37. The number of aliphatic hydroxyl groups is 1. The van der Waals surface area contributed by atoms with Crippen molar-refractivity contribution in [2.45, 2.75) is 51.0 Å². The number of hydrogen-bond donors (Lipinski definition) is 2. The van der Waals surface area contributed by atoms with Crippen LogP contribution in [0.5, 0.6) is 0 Å². The molecule has 0 spiro atoms. The van der Waals surface area contributed by atoms with Gasteiger partial charge in [0.1, 0.15) is 0 Å². The van der Waals surface area contributed by atoms with E-state index in [-0.39, 0.29) is 5.41 Å². The largest absolute Gasteiger partial charge is 0.389 e. The van der Waals surface area contributed by atoms with Gasteiger partial charge in [0.2, 0.25) is 0 Å². The smallest absolute Gasteiger partial charge is 0.0741 e. The van der Waals surface area contributed by atoms with Gasteiger partial charge in [0.05, 0.1) is 5.60 Å². The molecule has 0 aromatic rings. The van der Waals surface area contributed by atoms with Gasteiger partial charge >= 0.3 is 0 Å². The second-order valence-corrected chi connectivity index (χ2v) is 5.06. The van der Waals surface area contributed by atoms with Crippen molar-refractivity contribution in [3.8, 4) is 0 Å². The van der Waals surface area contributed by atoms with E-state index in [1.165, 1.54) is 19.3 Å². The molecule has 2 unspecified atom stereocenters. The summed E-state index contributed by atoms with van der Waals surface area (Å²) < 4.78 is 0. The van der Waals surface area contributed by atoms with Gasteiger partial charge in [-0.3, -0.25) is 0 Å². The Morgan fingerprint density at radius 1 is 1.31 bits per heavy atom. The summed E-state index contributed by atoms with van der Waals surface area (Å²) in [6, 6.07) is 0. The molecule has 2 nitrogen and oxygen atoms in total. The molecular formula is C11H21NO. The van der Waals surface area contributed by atoms with Crippen molar-refractivity contribution in [3.05, 3.63) is 0 Å². The molecular weight excluding hydrogens is 162 g/mol. The summed E-state index contributed by atoms with van der Waals surface area (Å²) in [6.07, 6.45) is 6.88. The first kappa shape index (κ1) is 9.47. The summed E-state index contributed by atoms with van der Waals surface area (Å²) in [5.74, 6) is 0.455. The molecule has 0 heterocycles. The molecule has 2 saturated carbocycles. The first-order valence-electron chi connectivity index (χ1n) is 5.57. The highest BCUT2D eigenvalue weighted by atomic mass is 16.3. The van der Waals surface area contributed by atoms with Crippen LogP contribution in [-0.2, 0) is 0 Å². The molecule has 2 heteroatoms. The van der Waals surface area contributed by atoms with Gasteiger partial charge in [-0.15, -0.1) is 0 Å². The molecule has 2 aliphatic carbocycles. The zero-order chi connectivity index (χ0) is 9.53. The van der Waals surface area contributed by atoms with Crippen LogP contribution in [0, 0.1) is 11.3 Å². The van der Waals surface area contributed by atoms with Gasteiger partial charge in [-0.25, -0.2) is 0 Å². The molecule has 2 rings (SSSR count). The van der Waals surface area contributed by atoms with Gasteiger partial charge in [-0.1, -0.05) is 19.8 Å². The molecule has 0 aromatic carbocycles. The van der Waals surface area contributed by atoms with Crippen LogP contribution in [0.15, 0.2) is 0 Å². The van der Waals surface area contributed by atoms with E-state index in [1.807, 2.05) is 0 Å². The average molecular weight is 183 g/mol. The number of nitrogens with two attached hydrogens (primary N) is 1. The van der Waals surface area contributed by atoms with E-state index in [0.717, 1.165) is 19.3 Å². The van der Waals surface area contributed by atoms with Crippen LogP contribution in [-0.4, -0.2) is 17.3 Å². The summed E-state index contributed by atoms with van der Waals surface area (Å²) >= 11 is 0. The fraction of sp³-hybridized carbons (Fsp3) is 1.00. The van der Waals surface area contributed by atoms with Crippen molar-refractivity contribution in [3.63, 3.8) is 0 Å². The van der Waals surface area contributed by atoms with Crippen LogP contribution < -0.4 is 5.73 Å². The predicted octanol–water partition coefficient (Wildman–Crippen LogP) is 1.67. The number of hydrogen-bond acceptors (Lipinski definition) is 2. The Kier molecular flexibility index (Phi) is 2.16. The van der Waals surface area contributed by atoms with Crippen molar-refractivity contribution in [1.82, 2.24) is 0 Å². The van der Waals surface area contributed by atoms with Crippen LogP contribution in [0.2, 0.25) is 0 Å². The molecule has 76 valence electrons. The van der Waals surface area contributed by atoms with Gasteiger partial charge in [-0.2, -0.15) is 0 Å². The third kappa shape index (κ3) is 1.08. The molecule has 0 saturated heterocycles. The summed E-state index contributed by atoms with van der Waals surface area (Å²) in [5, 5.41) is 10.7. The molecule has 13 heavy (non-hydrogen) atoms. The maximum absolute atomic E-state index is 10.7. The van der Waals surface area contributed by atoms with Crippen LogP contribution in [0.25, 0.3) is 0 Å². The summed E-state index contributed by atoms with van der Waals surface area (Å²) in [5.41, 5.74) is 5.49. The van der Waals surface area contributed by atoms with Gasteiger partial charge in [-0.05, 0) is 31.6 Å². The van der Waals surface area contributed by atoms with Crippen LogP contribution >= 0.6 is 0 Å². The summed E-state index contributed by atoms with van der Waals surface area (Å²) in [6.45, 7) is 2.86. The van der Waals surface area contributed by atoms with E-state index in [4.69, 9.17) is 5.73 Å². The van der Waals surface area contributed by atoms with Crippen LogP contribution in [0.1, 0.15) is 45.4 Å². The third-order valence-corrected chi connectivity index (χ3v) is 4.63. The average Bonchev–Trinajstić information content (AvgIpc) is 2.32. The minimum Gasteiger partial charge on any atom is -0.389 e. The second-order valence-electron chi connectivity index (χ2n) is 5.06. The molecule has 2 fully saturated rings. The van der Waals surface area contributed by atoms with Crippen molar-refractivity contribution < 1.29 is 5.11 Å². The first-order chi connectivity index (χ1) is 6.15. The molecule has 0 radical (unpaired) electrons. The lowest BCUT2D eigenvalue weighted by molar-refractivity contribution is -0.142. The Hall–Kier alpha value is -0.0800. The second kappa shape index (κ2) is 2.96. The maximum Gasteiger partial charge on any atom is 0.0741 e. The van der Waals surface area contributed by atoms with E-state index >= 15 is 0 Å². The Labute approximate surface area is 80.5 Å². The van der Waals surface area contributed by atoms with E-state index in [9.17, 15) is 5.11 Å². The third-order valence-electron chi connectivity index (χ3n) is 4.63. The van der Waals surface area contributed by atoms with Crippen molar-refractivity contribution in [2.75, 3.05) is 6.54 Å². The Morgan fingerprint density at radius 3 is 2.31 bits per heavy atom. The van der Waals surface area contributed by atoms with Gasteiger partial charge < -0.3 is 10.8 Å². The quantitative estimate of drug-likeness (QED) is 0.684. The minimum atomic E-state index is -0.431. The highest BCUT2D eigenvalue weighted by Crippen LogP contribution is 2.56. The van der Waals surface area contributed by atoms with Crippen LogP contribution in [0.4, 0.5) is 0 Å². The lowest BCUT2D eigenvalue weighted by Crippen LogP contribution is -2.57. The molecule has 0 bridgehead atoms. The Morgan fingerprint density at radius 2 is 2.00 bits per heavy atom. The molecule has 3 N–H and O–H groups in total. The van der Waals surface area contributed by atoms with Gasteiger partial charge in [0.25, 0.3) is 0 Å². The zero-order valence-corrected chi connectivity index (χ0v) is 8.55. The molecule has 2 atom stereocenters. The molecule has 2 aliphatic rings. The van der Waals surface area contributed by atoms with Gasteiger partial charge in [0, 0.05) is 12.0 Å². The van der Waals surface area contributed by atoms with Crippen molar-refractivity contribution in [2.24, 2.45) is 17.1 Å². The monoisotopic (exact) mass is 183 g/mol. The van der Waals surface area contributed by atoms with Gasteiger partial charge in [0.15, 0.2) is 0 Å². The lowest BCUT2D eigenvalue weighted by atomic mass is 9.56. The predicted molar refractivity (Wildman–Crippen MR) is 53.3 cm³/mol.